The maximum absolute atomic E-state index is 11.2. The first-order chi connectivity index (χ1) is 15.0. The monoisotopic (exact) mass is 433 g/mol. The Bertz CT molecular complexity index is 1240. The zero-order chi connectivity index (χ0) is 21.8. The molecular formula is C22H15N3O5S. The summed E-state index contributed by atoms with van der Waals surface area (Å²) in [5, 5.41) is 24.2. The topological polar surface area (TPSA) is 115 Å². The van der Waals surface area contributed by atoms with E-state index in [1.54, 1.807) is 12.1 Å². The fourth-order valence-electron chi connectivity index (χ4n) is 2.80. The second-order valence-corrected chi connectivity index (χ2v) is 7.35. The number of nitrogens with one attached hydrogen (secondary N) is 1. The van der Waals surface area contributed by atoms with Crippen molar-refractivity contribution >= 4 is 33.8 Å². The van der Waals surface area contributed by atoms with Crippen LogP contribution in [-0.2, 0) is 0 Å². The minimum Gasteiger partial charge on any atom is -0.478 e. The van der Waals surface area contributed by atoms with Crippen LogP contribution in [0.1, 0.15) is 10.4 Å². The van der Waals surface area contributed by atoms with Gasteiger partial charge in [-0.2, -0.15) is 0 Å². The molecule has 154 valence electrons. The molecule has 0 spiro atoms. The Labute approximate surface area is 180 Å². The van der Waals surface area contributed by atoms with Crippen molar-refractivity contribution in [3.8, 4) is 22.1 Å². The van der Waals surface area contributed by atoms with Gasteiger partial charge >= 0.3 is 5.97 Å². The number of carbonyl (C=O) groups is 1. The summed E-state index contributed by atoms with van der Waals surface area (Å²) in [6, 6.07) is 21.6. The number of carboxylic acids is 1. The number of aromatic nitrogens is 1. The summed E-state index contributed by atoms with van der Waals surface area (Å²) >= 11 is 1.24. The number of ether oxygens (including phenoxy) is 1. The van der Waals surface area contributed by atoms with Crippen molar-refractivity contribution in [3.05, 3.63) is 94.5 Å². The summed E-state index contributed by atoms with van der Waals surface area (Å²) in [5.74, 6) is -0.583. The van der Waals surface area contributed by atoms with E-state index in [9.17, 15) is 20.0 Å². The zero-order valence-electron chi connectivity index (χ0n) is 15.9. The lowest BCUT2D eigenvalue weighted by molar-refractivity contribution is -0.384. The summed E-state index contributed by atoms with van der Waals surface area (Å²) < 4.78 is 5.98. The normalized spacial score (nSPS) is 10.5. The van der Waals surface area contributed by atoms with Gasteiger partial charge in [0.25, 0.3) is 5.69 Å². The Morgan fingerprint density at radius 2 is 1.77 bits per heavy atom. The van der Waals surface area contributed by atoms with Gasteiger partial charge in [-0.3, -0.25) is 10.1 Å². The summed E-state index contributed by atoms with van der Waals surface area (Å²) in [7, 11) is 0. The molecule has 31 heavy (non-hydrogen) atoms. The molecule has 0 amide bonds. The summed E-state index contributed by atoms with van der Waals surface area (Å²) in [4.78, 5) is 26.2. The van der Waals surface area contributed by atoms with Crippen LogP contribution in [0.15, 0.2) is 78.9 Å². The summed E-state index contributed by atoms with van der Waals surface area (Å²) in [6.45, 7) is 0. The second kappa shape index (κ2) is 8.64. The van der Waals surface area contributed by atoms with Crippen molar-refractivity contribution in [2.75, 3.05) is 5.32 Å². The highest BCUT2D eigenvalue weighted by atomic mass is 32.1. The Kier molecular flexibility index (Phi) is 5.59. The SMILES string of the molecule is O=C(O)c1cccc(Nc2nc(-c3ccccc3)c(Oc3ccc([N+](=O)[O-])cc3)s2)c1. The van der Waals surface area contributed by atoms with Crippen molar-refractivity contribution in [2.45, 2.75) is 0 Å². The van der Waals surface area contributed by atoms with Crippen LogP contribution < -0.4 is 10.1 Å². The van der Waals surface area contributed by atoms with Crippen molar-refractivity contribution < 1.29 is 19.6 Å². The van der Waals surface area contributed by atoms with E-state index < -0.39 is 10.9 Å². The number of anilines is 2. The molecule has 2 N–H and O–H groups in total. The molecule has 8 nitrogen and oxygen atoms in total. The highest BCUT2D eigenvalue weighted by Crippen LogP contribution is 2.41. The number of carboxylic acid groups (broad SMARTS) is 1. The van der Waals surface area contributed by atoms with Crippen LogP contribution in [0.25, 0.3) is 11.3 Å². The molecule has 9 heteroatoms. The standard InChI is InChI=1S/C22H15N3O5S/c26-20(27)15-7-4-8-16(13-15)23-22-24-19(14-5-2-1-3-6-14)21(31-22)30-18-11-9-17(10-12-18)25(28)29/h1-13H,(H,23,24)(H,26,27). The fourth-order valence-corrected chi connectivity index (χ4v) is 3.68. The first-order valence-corrected chi connectivity index (χ1v) is 9.90. The molecule has 1 aromatic heterocycles. The van der Waals surface area contributed by atoms with E-state index in [4.69, 9.17) is 4.74 Å². The minimum atomic E-state index is -1.02. The van der Waals surface area contributed by atoms with Gasteiger partial charge in [0.1, 0.15) is 11.4 Å². The summed E-state index contributed by atoms with van der Waals surface area (Å²) in [5.41, 5.74) is 2.15. The van der Waals surface area contributed by atoms with Crippen molar-refractivity contribution in [1.82, 2.24) is 4.98 Å². The molecule has 0 saturated heterocycles. The molecule has 0 aliphatic heterocycles. The van der Waals surface area contributed by atoms with Gasteiger partial charge in [-0.05, 0) is 30.3 Å². The second-order valence-electron chi connectivity index (χ2n) is 6.39. The summed E-state index contributed by atoms with van der Waals surface area (Å²) in [6.07, 6.45) is 0. The Morgan fingerprint density at radius 3 is 2.45 bits per heavy atom. The molecule has 0 unspecified atom stereocenters. The highest BCUT2D eigenvalue weighted by Gasteiger charge is 2.17. The number of hydrogen-bond acceptors (Lipinski definition) is 7. The van der Waals surface area contributed by atoms with Gasteiger partial charge in [0, 0.05) is 23.4 Å². The lowest BCUT2D eigenvalue weighted by Crippen LogP contribution is -1.97. The molecule has 3 aromatic carbocycles. The van der Waals surface area contributed by atoms with Crippen molar-refractivity contribution in [3.63, 3.8) is 0 Å². The van der Waals surface area contributed by atoms with E-state index in [0.29, 0.717) is 27.3 Å². The van der Waals surface area contributed by atoms with Gasteiger partial charge < -0.3 is 15.2 Å². The Morgan fingerprint density at radius 1 is 1.03 bits per heavy atom. The van der Waals surface area contributed by atoms with Gasteiger partial charge in [0.05, 0.1) is 10.5 Å². The maximum Gasteiger partial charge on any atom is 0.335 e. The zero-order valence-corrected chi connectivity index (χ0v) is 16.7. The molecule has 4 rings (SSSR count). The Balaban J connectivity index is 1.67. The number of aromatic carboxylic acids is 1. The first-order valence-electron chi connectivity index (χ1n) is 9.08. The number of rotatable bonds is 7. The largest absolute Gasteiger partial charge is 0.478 e. The molecule has 0 atom stereocenters. The van der Waals surface area contributed by atoms with E-state index in [-0.39, 0.29) is 11.3 Å². The van der Waals surface area contributed by atoms with E-state index in [1.165, 1.54) is 47.7 Å². The smallest absolute Gasteiger partial charge is 0.335 e. The van der Waals surface area contributed by atoms with Gasteiger partial charge in [0.15, 0.2) is 5.13 Å². The third kappa shape index (κ3) is 4.68. The molecule has 0 saturated carbocycles. The van der Waals surface area contributed by atoms with Crippen LogP contribution in [0.3, 0.4) is 0 Å². The highest BCUT2D eigenvalue weighted by molar-refractivity contribution is 7.18. The maximum atomic E-state index is 11.2. The minimum absolute atomic E-state index is 0.0272. The van der Waals surface area contributed by atoms with Crippen LogP contribution in [0.4, 0.5) is 16.5 Å². The molecule has 0 aliphatic carbocycles. The molecule has 1 heterocycles. The lowest BCUT2D eigenvalue weighted by Gasteiger charge is -2.05. The number of thiazole rings is 1. The quantitative estimate of drug-likeness (QED) is 0.273. The van der Waals surface area contributed by atoms with Crippen molar-refractivity contribution in [2.24, 2.45) is 0 Å². The van der Waals surface area contributed by atoms with E-state index in [2.05, 4.69) is 10.3 Å². The van der Waals surface area contributed by atoms with Gasteiger partial charge in [-0.25, -0.2) is 9.78 Å². The molecule has 0 fully saturated rings. The van der Waals surface area contributed by atoms with Gasteiger partial charge in [-0.1, -0.05) is 47.7 Å². The molecular weight excluding hydrogens is 418 g/mol. The third-order valence-corrected chi connectivity index (χ3v) is 5.11. The van der Waals surface area contributed by atoms with Crippen LogP contribution in [0.2, 0.25) is 0 Å². The molecule has 0 radical (unpaired) electrons. The molecule has 4 aromatic rings. The van der Waals surface area contributed by atoms with Crippen molar-refractivity contribution in [1.29, 1.82) is 0 Å². The number of nitro groups is 1. The molecule has 0 bridgehead atoms. The van der Waals surface area contributed by atoms with E-state index in [0.717, 1.165) is 5.56 Å². The number of benzene rings is 3. The number of nitro benzene ring substituents is 1. The Hall–Kier alpha value is -4.24. The lowest BCUT2D eigenvalue weighted by atomic mass is 10.2. The fraction of sp³-hybridized carbons (Fsp3) is 0. The van der Waals surface area contributed by atoms with E-state index >= 15 is 0 Å². The van der Waals surface area contributed by atoms with Gasteiger partial charge in [-0.15, -0.1) is 0 Å². The number of hydrogen-bond donors (Lipinski definition) is 2. The predicted octanol–water partition coefficient (Wildman–Crippen LogP) is 5.95. The first kappa shape index (κ1) is 20.0. The predicted molar refractivity (Wildman–Crippen MR) is 117 cm³/mol. The average molecular weight is 433 g/mol. The van der Waals surface area contributed by atoms with Crippen LogP contribution >= 0.6 is 11.3 Å². The number of non-ortho nitro benzene ring substituents is 1. The average Bonchev–Trinajstić information content (AvgIpc) is 3.17. The third-order valence-electron chi connectivity index (χ3n) is 4.26. The van der Waals surface area contributed by atoms with Crippen LogP contribution in [0, 0.1) is 10.1 Å². The van der Waals surface area contributed by atoms with Crippen LogP contribution in [-0.4, -0.2) is 21.0 Å². The molecule has 0 aliphatic rings. The van der Waals surface area contributed by atoms with E-state index in [1.807, 2.05) is 30.3 Å². The van der Waals surface area contributed by atoms with Gasteiger partial charge in [0.2, 0.25) is 5.06 Å². The number of nitrogens with zero attached hydrogens (tertiary/aromatic N) is 2. The van der Waals surface area contributed by atoms with Crippen LogP contribution in [0.5, 0.6) is 10.8 Å².